The van der Waals surface area contributed by atoms with Crippen LogP contribution in [0.4, 0.5) is 0 Å². The van der Waals surface area contributed by atoms with Gasteiger partial charge >= 0.3 is 5.97 Å². The van der Waals surface area contributed by atoms with Crippen molar-refractivity contribution in [3.63, 3.8) is 0 Å². The molecule has 0 fully saturated rings. The standard InChI is InChI=1S/C8H16O2.C4H6O/c1-6(2)5-10-8(9)7(3)4;1-4(2)3-5/h6-7H,5H2,1-4H3;1-2H3. The summed E-state index contributed by atoms with van der Waals surface area (Å²) in [5.74, 6) is 2.02. The molecule has 0 saturated carbocycles. The zero-order valence-electron chi connectivity index (χ0n) is 10.6. The van der Waals surface area contributed by atoms with Crippen LogP contribution >= 0.6 is 0 Å². The Hall–Kier alpha value is -1.08. The third-order valence-electron chi connectivity index (χ3n) is 1.23. The van der Waals surface area contributed by atoms with E-state index in [1.807, 2.05) is 27.7 Å². The van der Waals surface area contributed by atoms with E-state index in [0.29, 0.717) is 18.1 Å². The molecule has 3 heteroatoms. The number of hydrogen-bond donors (Lipinski definition) is 0. The lowest BCUT2D eigenvalue weighted by Crippen LogP contribution is -2.14. The summed E-state index contributed by atoms with van der Waals surface area (Å²) in [7, 11) is 0. The lowest BCUT2D eigenvalue weighted by Gasteiger charge is -2.08. The molecule has 0 amide bonds. The minimum atomic E-state index is -0.103. The van der Waals surface area contributed by atoms with Crippen LogP contribution in [0, 0.1) is 11.8 Å². The van der Waals surface area contributed by atoms with Crippen molar-refractivity contribution in [3.05, 3.63) is 5.57 Å². The molecule has 0 aromatic rings. The van der Waals surface area contributed by atoms with E-state index in [0.717, 1.165) is 0 Å². The number of ether oxygens (including phenoxy) is 1. The fourth-order valence-electron chi connectivity index (χ4n) is 0.415. The van der Waals surface area contributed by atoms with E-state index in [2.05, 4.69) is 0 Å². The highest BCUT2D eigenvalue weighted by atomic mass is 16.5. The van der Waals surface area contributed by atoms with Gasteiger partial charge in [-0.05, 0) is 19.8 Å². The molecule has 0 heterocycles. The van der Waals surface area contributed by atoms with Gasteiger partial charge in [-0.3, -0.25) is 4.79 Å². The van der Waals surface area contributed by atoms with Gasteiger partial charge in [-0.15, -0.1) is 0 Å². The first kappa shape index (κ1) is 16.4. The molecule has 88 valence electrons. The van der Waals surface area contributed by atoms with Gasteiger partial charge in [0.25, 0.3) is 0 Å². The van der Waals surface area contributed by atoms with Gasteiger partial charge in [0.05, 0.1) is 12.5 Å². The minimum Gasteiger partial charge on any atom is -0.465 e. The van der Waals surface area contributed by atoms with Crippen LogP contribution < -0.4 is 0 Å². The van der Waals surface area contributed by atoms with Crippen LogP contribution in [-0.4, -0.2) is 18.5 Å². The quantitative estimate of drug-likeness (QED) is 0.536. The molecule has 0 aromatic carbocycles. The molecule has 0 rings (SSSR count). The van der Waals surface area contributed by atoms with Crippen LogP contribution in [0.2, 0.25) is 0 Å². The lowest BCUT2D eigenvalue weighted by atomic mass is 10.2. The van der Waals surface area contributed by atoms with Gasteiger partial charge in [0.15, 0.2) is 0 Å². The monoisotopic (exact) mass is 214 g/mol. The molecule has 0 unspecified atom stereocenters. The first-order valence-corrected chi connectivity index (χ1v) is 5.16. The highest BCUT2D eigenvalue weighted by molar-refractivity contribution is 5.71. The summed E-state index contributed by atoms with van der Waals surface area (Å²) in [6.45, 7) is 11.7. The Morgan fingerprint density at radius 2 is 1.60 bits per heavy atom. The van der Waals surface area contributed by atoms with Crippen LogP contribution in [0.3, 0.4) is 0 Å². The van der Waals surface area contributed by atoms with Crippen molar-refractivity contribution >= 4 is 11.9 Å². The molecule has 0 spiro atoms. The summed E-state index contributed by atoms with van der Waals surface area (Å²) in [5.41, 5.74) is 0.699. The minimum absolute atomic E-state index is 0.00116. The molecule has 0 aliphatic heterocycles. The summed E-state index contributed by atoms with van der Waals surface area (Å²) in [5, 5.41) is 0. The molecule has 0 bridgehead atoms. The van der Waals surface area contributed by atoms with E-state index in [4.69, 9.17) is 4.74 Å². The predicted molar refractivity (Wildman–Crippen MR) is 61.2 cm³/mol. The van der Waals surface area contributed by atoms with Crippen LogP contribution in [0.1, 0.15) is 41.5 Å². The molecule has 0 atom stereocenters. The van der Waals surface area contributed by atoms with Gasteiger partial charge < -0.3 is 4.74 Å². The molecule has 3 nitrogen and oxygen atoms in total. The average molecular weight is 214 g/mol. The highest BCUT2D eigenvalue weighted by Gasteiger charge is 2.07. The van der Waals surface area contributed by atoms with Crippen molar-refractivity contribution in [2.75, 3.05) is 6.61 Å². The maximum absolute atomic E-state index is 10.8. The molecule has 0 aliphatic rings. The van der Waals surface area contributed by atoms with Gasteiger partial charge in [-0.2, -0.15) is 0 Å². The van der Waals surface area contributed by atoms with E-state index in [-0.39, 0.29) is 11.9 Å². The summed E-state index contributed by atoms with van der Waals surface area (Å²) in [4.78, 5) is 20.2. The highest BCUT2D eigenvalue weighted by Crippen LogP contribution is 1.99. The van der Waals surface area contributed by atoms with E-state index in [1.165, 1.54) is 0 Å². The molecule has 15 heavy (non-hydrogen) atoms. The molecule has 0 N–H and O–H groups in total. The molecule has 0 radical (unpaired) electrons. The maximum Gasteiger partial charge on any atom is 0.308 e. The van der Waals surface area contributed by atoms with Crippen LogP contribution in [0.15, 0.2) is 5.57 Å². The molecular formula is C12H22O3. The second-order valence-corrected chi connectivity index (χ2v) is 4.28. The Labute approximate surface area is 92.5 Å². The number of allylic oxidation sites excluding steroid dienone is 1. The summed E-state index contributed by atoms with van der Waals surface area (Å²) < 4.78 is 4.93. The predicted octanol–water partition coefficient (Wildman–Crippen LogP) is 2.63. The van der Waals surface area contributed by atoms with Gasteiger partial charge in [0.2, 0.25) is 0 Å². The number of carbonyl (C=O) groups is 1. The lowest BCUT2D eigenvalue weighted by molar-refractivity contribution is -0.148. The summed E-state index contributed by atoms with van der Waals surface area (Å²) in [6, 6.07) is 0. The molecule has 0 aromatic heterocycles. The molecule has 0 saturated heterocycles. The Bertz CT molecular complexity index is 219. The molecule has 0 aliphatic carbocycles. The summed E-state index contributed by atoms with van der Waals surface area (Å²) in [6.07, 6.45) is 0. The fourth-order valence-corrected chi connectivity index (χ4v) is 0.415. The van der Waals surface area contributed by atoms with E-state index in [1.54, 1.807) is 19.8 Å². The number of hydrogen-bond acceptors (Lipinski definition) is 3. The van der Waals surface area contributed by atoms with Crippen molar-refractivity contribution in [2.24, 2.45) is 11.8 Å². The Balaban J connectivity index is 0. The second-order valence-electron chi connectivity index (χ2n) is 4.28. The van der Waals surface area contributed by atoms with Crippen LogP contribution in [0.25, 0.3) is 0 Å². The largest absolute Gasteiger partial charge is 0.465 e. The first-order chi connectivity index (χ1) is 6.81. The van der Waals surface area contributed by atoms with Gasteiger partial charge in [-0.1, -0.05) is 27.7 Å². The maximum atomic E-state index is 10.8. The van der Waals surface area contributed by atoms with Crippen LogP contribution in [0.5, 0.6) is 0 Å². The van der Waals surface area contributed by atoms with E-state index in [9.17, 15) is 9.59 Å². The van der Waals surface area contributed by atoms with Crippen molar-refractivity contribution in [3.8, 4) is 0 Å². The van der Waals surface area contributed by atoms with Crippen molar-refractivity contribution < 1.29 is 14.3 Å². The molecular weight excluding hydrogens is 192 g/mol. The topological polar surface area (TPSA) is 43.4 Å². The number of carbonyl (C=O) groups excluding carboxylic acids is 2. The zero-order valence-corrected chi connectivity index (χ0v) is 10.6. The van der Waals surface area contributed by atoms with E-state index < -0.39 is 0 Å². The Morgan fingerprint density at radius 3 is 1.80 bits per heavy atom. The average Bonchev–Trinajstić information content (AvgIpc) is 2.14. The van der Waals surface area contributed by atoms with E-state index >= 15 is 0 Å². The first-order valence-electron chi connectivity index (χ1n) is 5.16. The number of esters is 1. The Kier molecular flexibility index (Phi) is 10.3. The van der Waals surface area contributed by atoms with Gasteiger partial charge in [-0.25, -0.2) is 4.79 Å². The van der Waals surface area contributed by atoms with Crippen molar-refractivity contribution in [1.29, 1.82) is 0 Å². The second kappa shape index (κ2) is 9.47. The Morgan fingerprint density at radius 1 is 1.20 bits per heavy atom. The van der Waals surface area contributed by atoms with Gasteiger partial charge in [0.1, 0.15) is 5.94 Å². The normalized spacial score (nSPS) is 9.07. The smallest absolute Gasteiger partial charge is 0.308 e. The van der Waals surface area contributed by atoms with Gasteiger partial charge in [0, 0.05) is 5.57 Å². The zero-order chi connectivity index (χ0) is 12.4. The van der Waals surface area contributed by atoms with Crippen LogP contribution in [-0.2, 0) is 14.3 Å². The van der Waals surface area contributed by atoms with Crippen molar-refractivity contribution in [1.82, 2.24) is 0 Å². The van der Waals surface area contributed by atoms with Crippen molar-refractivity contribution in [2.45, 2.75) is 41.5 Å². The third kappa shape index (κ3) is 15.7. The fraction of sp³-hybridized carbons (Fsp3) is 0.750. The summed E-state index contributed by atoms with van der Waals surface area (Å²) >= 11 is 0. The third-order valence-corrected chi connectivity index (χ3v) is 1.23. The SMILES string of the molecule is CC(C)=C=O.CC(C)COC(=O)C(C)C. The number of rotatable bonds is 3.